The van der Waals surface area contributed by atoms with Crippen LogP contribution in [0.4, 0.5) is 9.59 Å². The second kappa shape index (κ2) is 16.0. The summed E-state index contributed by atoms with van der Waals surface area (Å²) < 4.78 is 0. The van der Waals surface area contributed by atoms with Crippen molar-refractivity contribution in [1.82, 2.24) is 10.6 Å². The topological polar surface area (TPSA) is 305 Å². The van der Waals surface area contributed by atoms with Crippen LogP contribution >= 0.6 is 0 Å². The molecule has 0 rings (SSSR count). The number of amides is 2. The number of aliphatic carboxylic acids is 2. The number of nitrogens with zero attached hydrogens (tertiary/aromatic N) is 2. The highest BCUT2D eigenvalue weighted by molar-refractivity contribution is 5.79. The van der Waals surface area contributed by atoms with Crippen molar-refractivity contribution in [2.45, 2.75) is 37.8 Å². The molecule has 0 saturated carbocycles. The average molecular weight is 435 g/mol. The number of nitrogens with one attached hydrogen (secondary N) is 2. The molecule has 0 fully saturated rings. The van der Waals surface area contributed by atoms with Gasteiger partial charge in [-0.05, 0) is 25.7 Å². The first-order chi connectivity index (χ1) is 13.9. The van der Waals surface area contributed by atoms with E-state index in [-0.39, 0.29) is 37.9 Å². The predicted octanol–water partition coefficient (Wildman–Crippen LogP) is -3.81. The van der Waals surface area contributed by atoms with E-state index in [0.29, 0.717) is 12.8 Å². The van der Waals surface area contributed by atoms with Crippen LogP contribution in [0.2, 0.25) is 0 Å². The van der Waals surface area contributed by atoms with Gasteiger partial charge in [0.15, 0.2) is 11.9 Å². The van der Waals surface area contributed by atoms with E-state index in [9.17, 15) is 24.3 Å². The average Bonchev–Trinajstić information content (AvgIpc) is 2.59. The molecule has 0 spiro atoms. The Balaban J connectivity index is 0. The van der Waals surface area contributed by atoms with Crippen LogP contribution in [-0.2, 0) is 9.59 Å². The molecule has 16 nitrogen and oxygen atoms in total. The van der Waals surface area contributed by atoms with Crippen LogP contribution < -0.4 is 38.7 Å². The van der Waals surface area contributed by atoms with Gasteiger partial charge in [-0.3, -0.25) is 9.98 Å². The zero-order valence-electron chi connectivity index (χ0n) is 16.0. The van der Waals surface area contributed by atoms with Gasteiger partial charge in [0.1, 0.15) is 6.04 Å². The SMILES string of the molecule is NC(N)=NCCCC(NC(=O)O)C(=O)O.NC(N)=NCCCC(NC(=O)O)C(=O)[O-]. The van der Waals surface area contributed by atoms with Gasteiger partial charge < -0.3 is 58.8 Å². The highest BCUT2D eigenvalue weighted by Crippen LogP contribution is 1.98. The molecule has 0 aromatic heterocycles. The van der Waals surface area contributed by atoms with E-state index in [4.69, 9.17) is 38.3 Å². The summed E-state index contributed by atoms with van der Waals surface area (Å²) in [5.74, 6) is -2.86. The van der Waals surface area contributed by atoms with Gasteiger partial charge in [0.05, 0.1) is 12.0 Å². The summed E-state index contributed by atoms with van der Waals surface area (Å²) in [7, 11) is 0. The van der Waals surface area contributed by atoms with Gasteiger partial charge in [0.25, 0.3) is 0 Å². The third-order valence-corrected chi connectivity index (χ3v) is 3.07. The van der Waals surface area contributed by atoms with Gasteiger partial charge in [-0.1, -0.05) is 0 Å². The summed E-state index contributed by atoms with van der Waals surface area (Å²) in [6, 6.07) is -2.37. The predicted molar refractivity (Wildman–Crippen MR) is 102 cm³/mol. The standard InChI is InChI=1S/2C7H14N4O4/c2*8-6(9)10-3-1-2-4(5(12)13)11-7(14)15/h2*4,11H,1-3H2,(H,12,13)(H,14,15)(H4,8,9,10)/p-1. The Hall–Kier alpha value is -3.98. The minimum atomic E-state index is -1.47. The Labute approximate surface area is 171 Å². The van der Waals surface area contributed by atoms with E-state index >= 15 is 0 Å². The molecule has 2 unspecified atom stereocenters. The minimum absolute atomic E-state index is 0.0748. The lowest BCUT2D eigenvalue weighted by atomic mass is 10.1. The first-order valence-electron chi connectivity index (χ1n) is 8.40. The Morgan fingerprint density at radius 1 is 0.767 bits per heavy atom. The molecule has 30 heavy (non-hydrogen) atoms. The van der Waals surface area contributed by atoms with Crippen molar-refractivity contribution in [2.24, 2.45) is 32.9 Å². The molecule has 2 amide bonds. The lowest BCUT2D eigenvalue weighted by molar-refractivity contribution is -0.308. The molecule has 0 radical (unpaired) electrons. The maximum Gasteiger partial charge on any atom is 0.405 e. The van der Waals surface area contributed by atoms with Crippen LogP contribution in [0, 0.1) is 0 Å². The van der Waals surface area contributed by atoms with Crippen LogP contribution in [0.1, 0.15) is 25.7 Å². The zero-order chi connectivity index (χ0) is 23.7. The molecule has 0 bridgehead atoms. The van der Waals surface area contributed by atoms with Crippen molar-refractivity contribution < 1.29 is 39.6 Å². The molecule has 2 atom stereocenters. The number of rotatable bonds is 12. The number of carboxylic acid groups (broad SMARTS) is 4. The van der Waals surface area contributed by atoms with Gasteiger partial charge in [0, 0.05) is 13.1 Å². The fourth-order valence-corrected chi connectivity index (χ4v) is 1.81. The molecule has 0 aliphatic carbocycles. The fraction of sp³-hybridized carbons (Fsp3) is 0.571. The summed E-state index contributed by atoms with van der Waals surface area (Å²) in [5, 5.41) is 39.4. The molecule has 0 aromatic rings. The molecular weight excluding hydrogens is 408 g/mol. The zero-order valence-corrected chi connectivity index (χ0v) is 16.0. The Morgan fingerprint density at radius 3 is 1.43 bits per heavy atom. The summed E-state index contributed by atoms with van der Waals surface area (Å²) in [5.41, 5.74) is 20.2. The second-order valence-corrected chi connectivity index (χ2v) is 5.56. The third-order valence-electron chi connectivity index (χ3n) is 3.07. The molecule has 0 saturated heterocycles. The Morgan fingerprint density at radius 2 is 1.13 bits per heavy atom. The normalized spacial score (nSPS) is 11.5. The van der Waals surface area contributed by atoms with Crippen molar-refractivity contribution >= 4 is 36.0 Å². The molecule has 0 aliphatic heterocycles. The van der Waals surface area contributed by atoms with Crippen molar-refractivity contribution in [1.29, 1.82) is 0 Å². The number of hydrogen-bond acceptors (Lipinski definition) is 7. The van der Waals surface area contributed by atoms with E-state index in [1.807, 2.05) is 10.6 Å². The van der Waals surface area contributed by atoms with Crippen molar-refractivity contribution in [3.8, 4) is 0 Å². The van der Waals surface area contributed by atoms with Crippen LogP contribution in [0.15, 0.2) is 9.98 Å². The Kier molecular flexibility index (Phi) is 15.1. The molecular formula is C14H27N8O8-. The maximum absolute atomic E-state index is 10.6. The van der Waals surface area contributed by atoms with Gasteiger partial charge in [-0.2, -0.15) is 0 Å². The monoisotopic (exact) mass is 435 g/mol. The summed E-state index contributed by atoms with van der Waals surface area (Å²) in [6.45, 7) is 0.515. The Bertz CT molecular complexity index is 577. The van der Waals surface area contributed by atoms with E-state index in [1.54, 1.807) is 0 Å². The second-order valence-electron chi connectivity index (χ2n) is 5.56. The van der Waals surface area contributed by atoms with Crippen LogP contribution in [0.25, 0.3) is 0 Å². The number of carboxylic acids is 2. The number of nitrogens with two attached hydrogens (primary N) is 4. The molecule has 0 heterocycles. The largest absolute Gasteiger partial charge is 0.548 e. The van der Waals surface area contributed by atoms with Gasteiger partial charge in [-0.25, -0.2) is 14.4 Å². The van der Waals surface area contributed by atoms with E-state index in [1.165, 1.54) is 0 Å². The lowest BCUT2D eigenvalue weighted by Gasteiger charge is -2.16. The summed E-state index contributed by atoms with van der Waals surface area (Å²) in [6.07, 6.45) is -1.84. The number of guanidine groups is 2. The fourth-order valence-electron chi connectivity index (χ4n) is 1.81. The minimum Gasteiger partial charge on any atom is -0.548 e. The van der Waals surface area contributed by atoms with Crippen LogP contribution in [0.5, 0.6) is 0 Å². The molecule has 16 heteroatoms. The number of carbonyl (C=O) groups excluding carboxylic acids is 1. The highest BCUT2D eigenvalue weighted by atomic mass is 16.4. The van der Waals surface area contributed by atoms with E-state index in [2.05, 4.69) is 9.98 Å². The molecule has 172 valence electrons. The van der Waals surface area contributed by atoms with E-state index < -0.39 is 36.2 Å². The van der Waals surface area contributed by atoms with Gasteiger partial charge >= 0.3 is 18.2 Å². The first-order valence-corrected chi connectivity index (χ1v) is 8.40. The van der Waals surface area contributed by atoms with Crippen molar-refractivity contribution in [2.75, 3.05) is 13.1 Å². The van der Waals surface area contributed by atoms with Crippen LogP contribution in [-0.4, -0.2) is 76.5 Å². The smallest absolute Gasteiger partial charge is 0.405 e. The molecule has 0 aromatic carbocycles. The highest BCUT2D eigenvalue weighted by Gasteiger charge is 2.18. The first kappa shape index (κ1) is 28.2. The van der Waals surface area contributed by atoms with Crippen LogP contribution in [0.3, 0.4) is 0 Å². The number of hydrogen-bond donors (Lipinski definition) is 9. The summed E-state index contributed by atoms with van der Waals surface area (Å²) >= 11 is 0. The van der Waals surface area contributed by atoms with Gasteiger partial charge in [0.2, 0.25) is 0 Å². The maximum atomic E-state index is 10.6. The quantitative estimate of drug-likeness (QED) is 0.0809. The van der Waals surface area contributed by atoms with Crippen molar-refractivity contribution in [3.05, 3.63) is 0 Å². The number of carbonyl (C=O) groups is 4. The summed E-state index contributed by atoms with van der Waals surface area (Å²) in [4.78, 5) is 48.6. The third kappa shape index (κ3) is 18.8. The van der Waals surface area contributed by atoms with Crippen molar-refractivity contribution in [3.63, 3.8) is 0 Å². The number of aliphatic imine (C=N–C) groups is 2. The van der Waals surface area contributed by atoms with Gasteiger partial charge in [-0.15, -0.1) is 0 Å². The molecule has 0 aliphatic rings. The van der Waals surface area contributed by atoms with E-state index in [0.717, 1.165) is 0 Å². The lowest BCUT2D eigenvalue weighted by Crippen LogP contribution is -2.47. The molecule has 13 N–H and O–H groups in total.